The highest BCUT2D eigenvalue weighted by Crippen LogP contribution is 2.21. The number of rotatable bonds is 8. The molecule has 4 N–H and O–H groups in total. The summed E-state index contributed by atoms with van der Waals surface area (Å²) in [6, 6.07) is -0.802. The number of carbonyl (C=O) groups is 1. The number of nitrogens with two attached hydrogens (primary N) is 1. The van der Waals surface area contributed by atoms with Crippen LogP contribution in [-0.2, 0) is 4.79 Å². The van der Waals surface area contributed by atoms with E-state index in [1.165, 1.54) is 0 Å². The number of carboxylic acids is 1. The fourth-order valence-electron chi connectivity index (χ4n) is 1.28. The Kier molecular flexibility index (Phi) is 7.82. The Labute approximate surface area is 95.2 Å². The fourth-order valence-corrected chi connectivity index (χ4v) is 2.72. The van der Waals surface area contributed by atoms with Crippen LogP contribution in [0.3, 0.4) is 0 Å². The van der Waals surface area contributed by atoms with Gasteiger partial charge in [0, 0.05) is 11.0 Å². The van der Waals surface area contributed by atoms with Gasteiger partial charge in [-0.3, -0.25) is 4.79 Å². The maximum Gasteiger partial charge on any atom is 0.321 e. The molecular formula is C10H21NO3S. The highest BCUT2D eigenvalue weighted by molar-refractivity contribution is 7.99. The minimum atomic E-state index is -0.963. The molecule has 0 aliphatic heterocycles. The molecule has 5 heteroatoms. The van der Waals surface area contributed by atoms with Crippen molar-refractivity contribution in [1.82, 2.24) is 0 Å². The van der Waals surface area contributed by atoms with Crippen molar-refractivity contribution >= 4 is 17.7 Å². The second-order valence-corrected chi connectivity index (χ2v) is 5.11. The number of carboxylic acid groups (broad SMARTS) is 1. The van der Waals surface area contributed by atoms with Crippen LogP contribution in [0.4, 0.5) is 0 Å². The van der Waals surface area contributed by atoms with Gasteiger partial charge in [0.05, 0.1) is 6.10 Å². The molecular weight excluding hydrogens is 214 g/mol. The normalized spacial score (nSPS) is 17.1. The molecule has 0 saturated heterocycles. The molecule has 0 fully saturated rings. The molecule has 0 aromatic carbocycles. The van der Waals surface area contributed by atoms with Gasteiger partial charge in [-0.1, -0.05) is 13.3 Å². The van der Waals surface area contributed by atoms with Crippen LogP contribution in [-0.4, -0.2) is 39.3 Å². The van der Waals surface area contributed by atoms with E-state index < -0.39 is 12.0 Å². The average molecular weight is 235 g/mol. The lowest BCUT2D eigenvalue weighted by atomic mass is 10.1. The van der Waals surface area contributed by atoms with Crippen LogP contribution in [0.25, 0.3) is 0 Å². The summed E-state index contributed by atoms with van der Waals surface area (Å²) in [4.78, 5) is 10.5. The molecule has 0 aromatic rings. The number of aliphatic hydroxyl groups excluding tert-OH is 1. The maximum atomic E-state index is 10.5. The number of aliphatic hydroxyl groups is 1. The summed E-state index contributed by atoms with van der Waals surface area (Å²) in [5.41, 5.74) is 5.41. The Bertz CT molecular complexity index is 188. The second kappa shape index (κ2) is 7.96. The highest BCUT2D eigenvalue weighted by Gasteiger charge is 2.16. The van der Waals surface area contributed by atoms with Crippen molar-refractivity contribution in [2.24, 2.45) is 5.73 Å². The Morgan fingerprint density at radius 2 is 2.13 bits per heavy atom. The first kappa shape index (κ1) is 14.7. The van der Waals surface area contributed by atoms with Crippen molar-refractivity contribution in [2.75, 3.05) is 5.75 Å². The first-order chi connectivity index (χ1) is 6.97. The predicted molar refractivity (Wildman–Crippen MR) is 63.1 cm³/mol. The van der Waals surface area contributed by atoms with Crippen LogP contribution >= 0.6 is 11.8 Å². The van der Waals surface area contributed by atoms with Gasteiger partial charge in [-0.25, -0.2) is 0 Å². The number of aliphatic carboxylic acids is 1. The van der Waals surface area contributed by atoms with Gasteiger partial charge in [0.25, 0.3) is 0 Å². The number of hydrogen-bond donors (Lipinski definition) is 3. The minimum Gasteiger partial charge on any atom is -0.480 e. The Hall–Kier alpha value is -0.260. The van der Waals surface area contributed by atoms with Gasteiger partial charge in [0.1, 0.15) is 6.04 Å². The molecule has 0 radical (unpaired) electrons. The van der Waals surface area contributed by atoms with Crippen molar-refractivity contribution in [1.29, 1.82) is 0 Å². The Balaban J connectivity index is 3.89. The predicted octanol–water partition coefficient (Wildman–Crippen LogP) is 1.07. The molecule has 0 aromatic heterocycles. The summed E-state index contributed by atoms with van der Waals surface area (Å²) < 4.78 is 0. The molecule has 0 spiro atoms. The van der Waals surface area contributed by atoms with E-state index in [1.807, 2.05) is 0 Å². The van der Waals surface area contributed by atoms with Gasteiger partial charge in [-0.2, -0.15) is 11.8 Å². The molecule has 2 unspecified atom stereocenters. The lowest BCUT2D eigenvalue weighted by molar-refractivity contribution is -0.137. The number of thioether (sulfide) groups is 1. The van der Waals surface area contributed by atoms with E-state index in [9.17, 15) is 9.90 Å². The van der Waals surface area contributed by atoms with E-state index in [1.54, 1.807) is 18.7 Å². The molecule has 0 saturated carbocycles. The molecule has 0 amide bonds. The van der Waals surface area contributed by atoms with E-state index in [0.717, 1.165) is 12.8 Å². The topological polar surface area (TPSA) is 83.5 Å². The van der Waals surface area contributed by atoms with Gasteiger partial charge in [-0.15, -0.1) is 0 Å². The first-order valence-electron chi connectivity index (χ1n) is 5.25. The third-order valence-electron chi connectivity index (χ3n) is 2.04. The monoisotopic (exact) mass is 235 g/mol. The van der Waals surface area contributed by atoms with Crippen LogP contribution in [0, 0.1) is 0 Å². The van der Waals surface area contributed by atoms with E-state index in [0.29, 0.717) is 17.4 Å². The lowest BCUT2D eigenvalue weighted by Crippen LogP contribution is -2.33. The molecule has 0 heterocycles. The van der Waals surface area contributed by atoms with Crippen molar-refractivity contribution in [3.8, 4) is 0 Å². The van der Waals surface area contributed by atoms with Crippen molar-refractivity contribution in [3.63, 3.8) is 0 Å². The SMILES string of the molecule is CCCC(CC(C)O)SC[C@H](N)C(=O)O. The van der Waals surface area contributed by atoms with E-state index in [-0.39, 0.29) is 6.10 Å². The Morgan fingerprint density at radius 1 is 1.53 bits per heavy atom. The number of hydrogen-bond acceptors (Lipinski definition) is 4. The van der Waals surface area contributed by atoms with Gasteiger partial charge in [0.15, 0.2) is 0 Å². The third kappa shape index (κ3) is 7.64. The molecule has 15 heavy (non-hydrogen) atoms. The summed E-state index contributed by atoms with van der Waals surface area (Å²) in [5.74, 6) is -0.554. The van der Waals surface area contributed by atoms with Crippen LogP contribution in [0.5, 0.6) is 0 Å². The largest absolute Gasteiger partial charge is 0.480 e. The van der Waals surface area contributed by atoms with E-state index >= 15 is 0 Å². The lowest BCUT2D eigenvalue weighted by Gasteiger charge is -2.18. The summed E-state index contributed by atoms with van der Waals surface area (Å²) in [5, 5.41) is 18.2. The van der Waals surface area contributed by atoms with Gasteiger partial charge >= 0.3 is 5.97 Å². The van der Waals surface area contributed by atoms with Crippen molar-refractivity contribution < 1.29 is 15.0 Å². The molecule has 0 aliphatic rings. The zero-order chi connectivity index (χ0) is 11.8. The summed E-state index contributed by atoms with van der Waals surface area (Å²) in [6.45, 7) is 3.83. The molecule has 0 bridgehead atoms. The quantitative estimate of drug-likeness (QED) is 0.586. The van der Waals surface area contributed by atoms with Crippen LogP contribution < -0.4 is 5.73 Å². The Morgan fingerprint density at radius 3 is 2.53 bits per heavy atom. The molecule has 0 rings (SSSR count). The van der Waals surface area contributed by atoms with E-state index in [2.05, 4.69) is 6.92 Å². The highest BCUT2D eigenvalue weighted by atomic mass is 32.2. The zero-order valence-corrected chi connectivity index (χ0v) is 10.2. The van der Waals surface area contributed by atoms with Gasteiger partial charge < -0.3 is 15.9 Å². The van der Waals surface area contributed by atoms with Gasteiger partial charge in [0.2, 0.25) is 0 Å². The summed E-state index contributed by atoms with van der Waals surface area (Å²) >= 11 is 1.55. The summed E-state index contributed by atoms with van der Waals surface area (Å²) in [6.07, 6.45) is 2.38. The molecule has 3 atom stereocenters. The zero-order valence-electron chi connectivity index (χ0n) is 9.35. The third-order valence-corrected chi connectivity index (χ3v) is 3.49. The van der Waals surface area contributed by atoms with Crippen LogP contribution in [0.2, 0.25) is 0 Å². The average Bonchev–Trinajstić information content (AvgIpc) is 2.13. The van der Waals surface area contributed by atoms with Crippen LogP contribution in [0.1, 0.15) is 33.1 Å². The molecule has 4 nitrogen and oxygen atoms in total. The standard InChI is InChI=1S/C10H21NO3S/c1-3-4-8(5-7(2)12)15-6-9(11)10(13)14/h7-9,12H,3-6,11H2,1-2H3,(H,13,14)/t7?,8?,9-/m0/s1. The molecule has 0 aliphatic carbocycles. The minimum absolute atomic E-state index is 0.306. The maximum absolute atomic E-state index is 10.5. The summed E-state index contributed by atoms with van der Waals surface area (Å²) in [7, 11) is 0. The first-order valence-corrected chi connectivity index (χ1v) is 6.30. The van der Waals surface area contributed by atoms with Crippen LogP contribution in [0.15, 0.2) is 0 Å². The van der Waals surface area contributed by atoms with Gasteiger partial charge in [-0.05, 0) is 19.8 Å². The van der Waals surface area contributed by atoms with E-state index in [4.69, 9.17) is 10.8 Å². The van der Waals surface area contributed by atoms with Crippen molar-refractivity contribution in [2.45, 2.75) is 50.5 Å². The second-order valence-electron chi connectivity index (χ2n) is 3.77. The smallest absolute Gasteiger partial charge is 0.321 e. The van der Waals surface area contributed by atoms with Crippen molar-refractivity contribution in [3.05, 3.63) is 0 Å². The fraction of sp³-hybridized carbons (Fsp3) is 0.900. The molecule has 90 valence electrons.